The van der Waals surface area contributed by atoms with E-state index >= 15 is 0 Å². The van der Waals surface area contributed by atoms with Gasteiger partial charge in [0.25, 0.3) is 0 Å². The smallest absolute Gasteiger partial charge is 0.226 e. The summed E-state index contributed by atoms with van der Waals surface area (Å²) in [7, 11) is 0. The van der Waals surface area contributed by atoms with E-state index in [4.69, 9.17) is 5.73 Å². The lowest BCUT2D eigenvalue weighted by molar-refractivity contribution is -0.140. The van der Waals surface area contributed by atoms with Gasteiger partial charge in [0.1, 0.15) is 0 Å². The Hall–Kier alpha value is -0.280. The van der Waals surface area contributed by atoms with Crippen molar-refractivity contribution in [3.63, 3.8) is 0 Å². The third-order valence-corrected chi connectivity index (χ3v) is 3.76. The molecule has 4 heteroatoms. The fourth-order valence-electron chi connectivity index (χ4n) is 2.64. The maximum absolute atomic E-state index is 12.2. The highest BCUT2D eigenvalue weighted by Crippen LogP contribution is 2.27. The number of hydrogen-bond acceptors (Lipinski definition) is 2. The molecule has 0 spiro atoms. The molecule has 0 saturated carbocycles. The van der Waals surface area contributed by atoms with E-state index in [9.17, 15) is 4.79 Å². The monoisotopic (exact) mass is 262 g/mol. The molecule has 1 aliphatic heterocycles. The number of carbonyl (C=O) groups is 1. The Morgan fingerprint density at radius 3 is 2.71 bits per heavy atom. The second kappa shape index (κ2) is 7.93. The highest BCUT2D eigenvalue weighted by atomic mass is 35.5. The fraction of sp³-hybridized carbons (Fsp3) is 0.923. The number of rotatable bonds is 4. The summed E-state index contributed by atoms with van der Waals surface area (Å²) < 4.78 is 0. The van der Waals surface area contributed by atoms with Crippen LogP contribution in [0.1, 0.15) is 46.5 Å². The van der Waals surface area contributed by atoms with Crippen LogP contribution in [0.2, 0.25) is 0 Å². The van der Waals surface area contributed by atoms with E-state index in [-0.39, 0.29) is 24.2 Å². The van der Waals surface area contributed by atoms with E-state index in [1.165, 1.54) is 6.42 Å². The molecule has 2 N–H and O–H groups in total. The molecule has 0 aromatic carbocycles. The van der Waals surface area contributed by atoms with E-state index in [0.717, 1.165) is 25.8 Å². The SMILES string of the molecule is CCCC1C(C)CCCN1C(=O)C(C)CN.Cl. The number of amides is 1. The highest BCUT2D eigenvalue weighted by molar-refractivity contribution is 5.85. The van der Waals surface area contributed by atoms with Crippen molar-refractivity contribution in [1.29, 1.82) is 0 Å². The second-order valence-electron chi connectivity index (χ2n) is 5.14. The van der Waals surface area contributed by atoms with Crippen LogP contribution in [-0.4, -0.2) is 29.9 Å². The van der Waals surface area contributed by atoms with Gasteiger partial charge in [-0.15, -0.1) is 12.4 Å². The van der Waals surface area contributed by atoms with Crippen LogP contribution in [0.5, 0.6) is 0 Å². The topological polar surface area (TPSA) is 46.3 Å². The molecule has 102 valence electrons. The van der Waals surface area contributed by atoms with Crippen molar-refractivity contribution < 1.29 is 4.79 Å². The summed E-state index contributed by atoms with van der Waals surface area (Å²) in [4.78, 5) is 14.3. The van der Waals surface area contributed by atoms with Crippen LogP contribution in [0.25, 0.3) is 0 Å². The largest absolute Gasteiger partial charge is 0.339 e. The van der Waals surface area contributed by atoms with E-state index in [0.29, 0.717) is 18.5 Å². The van der Waals surface area contributed by atoms with Crippen LogP contribution in [0, 0.1) is 11.8 Å². The first-order valence-corrected chi connectivity index (χ1v) is 6.62. The van der Waals surface area contributed by atoms with Crippen LogP contribution < -0.4 is 5.73 Å². The van der Waals surface area contributed by atoms with Gasteiger partial charge in [0.05, 0.1) is 0 Å². The molecule has 0 aromatic heterocycles. The Morgan fingerprint density at radius 1 is 1.53 bits per heavy atom. The average molecular weight is 263 g/mol. The number of hydrogen-bond donors (Lipinski definition) is 1. The van der Waals surface area contributed by atoms with Crippen molar-refractivity contribution in [2.75, 3.05) is 13.1 Å². The normalized spacial score (nSPS) is 26.2. The number of nitrogens with zero attached hydrogens (tertiary/aromatic N) is 1. The zero-order valence-corrected chi connectivity index (χ0v) is 12.1. The van der Waals surface area contributed by atoms with Crippen LogP contribution in [0.15, 0.2) is 0 Å². The quantitative estimate of drug-likeness (QED) is 0.846. The molecule has 3 atom stereocenters. The molecule has 0 aromatic rings. The summed E-state index contributed by atoms with van der Waals surface area (Å²) in [5.41, 5.74) is 5.59. The summed E-state index contributed by atoms with van der Waals surface area (Å²) >= 11 is 0. The molecule has 1 rings (SSSR count). The van der Waals surface area contributed by atoms with Crippen LogP contribution in [0.4, 0.5) is 0 Å². The molecule has 0 radical (unpaired) electrons. The molecule has 0 aliphatic carbocycles. The lowest BCUT2D eigenvalue weighted by atomic mass is 9.87. The lowest BCUT2D eigenvalue weighted by Gasteiger charge is -2.41. The first-order chi connectivity index (χ1) is 7.61. The van der Waals surface area contributed by atoms with E-state index in [1.54, 1.807) is 0 Å². The van der Waals surface area contributed by atoms with Crippen molar-refractivity contribution in [3.05, 3.63) is 0 Å². The Bertz CT molecular complexity index is 235. The fourth-order valence-corrected chi connectivity index (χ4v) is 2.64. The number of halogens is 1. The van der Waals surface area contributed by atoms with Crippen molar-refractivity contribution in [3.8, 4) is 0 Å². The van der Waals surface area contributed by atoms with Gasteiger partial charge in [-0.2, -0.15) is 0 Å². The average Bonchev–Trinajstić information content (AvgIpc) is 2.30. The molecule has 17 heavy (non-hydrogen) atoms. The molecule has 1 heterocycles. The molecule has 1 fully saturated rings. The molecular weight excluding hydrogens is 236 g/mol. The second-order valence-corrected chi connectivity index (χ2v) is 5.14. The molecule has 1 saturated heterocycles. The van der Waals surface area contributed by atoms with Crippen molar-refractivity contribution in [2.45, 2.75) is 52.5 Å². The molecule has 3 unspecified atom stereocenters. The summed E-state index contributed by atoms with van der Waals surface area (Å²) in [6, 6.07) is 0.445. The molecule has 1 aliphatic rings. The third-order valence-electron chi connectivity index (χ3n) is 3.76. The Kier molecular flexibility index (Phi) is 7.80. The standard InChI is InChI=1S/C13H26N2O.ClH/c1-4-6-12-10(2)7-5-8-15(12)13(16)11(3)9-14;/h10-12H,4-9,14H2,1-3H3;1H. The molecule has 1 amide bonds. The number of piperidine rings is 1. The van der Waals surface area contributed by atoms with Gasteiger partial charge in [-0.1, -0.05) is 27.2 Å². The summed E-state index contributed by atoms with van der Waals surface area (Å²) in [6.45, 7) is 7.79. The van der Waals surface area contributed by atoms with Crippen LogP contribution in [-0.2, 0) is 4.79 Å². The number of nitrogens with two attached hydrogens (primary N) is 1. The maximum Gasteiger partial charge on any atom is 0.226 e. The number of likely N-dealkylation sites (tertiary alicyclic amines) is 1. The zero-order valence-electron chi connectivity index (χ0n) is 11.3. The minimum atomic E-state index is -0.0235. The van der Waals surface area contributed by atoms with Gasteiger partial charge in [0.2, 0.25) is 5.91 Å². The van der Waals surface area contributed by atoms with Gasteiger partial charge in [-0.05, 0) is 25.2 Å². The zero-order chi connectivity index (χ0) is 12.1. The van der Waals surface area contributed by atoms with Gasteiger partial charge < -0.3 is 10.6 Å². The summed E-state index contributed by atoms with van der Waals surface area (Å²) in [5, 5.41) is 0. The first-order valence-electron chi connectivity index (χ1n) is 6.62. The summed E-state index contributed by atoms with van der Waals surface area (Å²) in [6.07, 6.45) is 4.68. The van der Waals surface area contributed by atoms with E-state index < -0.39 is 0 Å². The van der Waals surface area contributed by atoms with Crippen molar-refractivity contribution in [2.24, 2.45) is 17.6 Å². The van der Waals surface area contributed by atoms with Crippen LogP contribution in [0.3, 0.4) is 0 Å². The van der Waals surface area contributed by atoms with Gasteiger partial charge in [0.15, 0.2) is 0 Å². The lowest BCUT2D eigenvalue weighted by Crippen LogP contribution is -2.50. The van der Waals surface area contributed by atoms with Gasteiger partial charge in [0, 0.05) is 25.0 Å². The Labute approximate surface area is 112 Å². The van der Waals surface area contributed by atoms with E-state index in [1.807, 2.05) is 6.92 Å². The van der Waals surface area contributed by atoms with Crippen LogP contribution >= 0.6 is 12.4 Å². The minimum Gasteiger partial charge on any atom is -0.339 e. The van der Waals surface area contributed by atoms with Crippen molar-refractivity contribution >= 4 is 18.3 Å². The molecular formula is C13H27ClN2O. The van der Waals surface area contributed by atoms with Gasteiger partial charge in [-0.3, -0.25) is 4.79 Å². The molecule has 0 bridgehead atoms. The van der Waals surface area contributed by atoms with Gasteiger partial charge >= 0.3 is 0 Å². The molecule has 3 nitrogen and oxygen atoms in total. The Morgan fingerprint density at radius 2 is 2.18 bits per heavy atom. The summed E-state index contributed by atoms with van der Waals surface area (Å²) in [5.74, 6) is 0.875. The van der Waals surface area contributed by atoms with Gasteiger partial charge in [-0.25, -0.2) is 0 Å². The maximum atomic E-state index is 12.2. The third kappa shape index (κ3) is 4.14. The highest BCUT2D eigenvalue weighted by Gasteiger charge is 2.32. The Balaban J connectivity index is 0.00000256. The first kappa shape index (κ1) is 16.7. The van der Waals surface area contributed by atoms with E-state index in [2.05, 4.69) is 18.7 Å². The minimum absolute atomic E-state index is 0. The predicted octanol–water partition coefficient (Wildman–Crippen LogP) is 2.43. The predicted molar refractivity (Wildman–Crippen MR) is 74.3 cm³/mol. The number of carbonyl (C=O) groups excluding carboxylic acids is 1. The van der Waals surface area contributed by atoms with Crippen molar-refractivity contribution in [1.82, 2.24) is 4.90 Å².